The van der Waals surface area contributed by atoms with Crippen LogP contribution in [-0.4, -0.2) is 18.5 Å². The molecule has 26 heavy (non-hydrogen) atoms. The van der Waals surface area contributed by atoms with Crippen LogP contribution >= 0.6 is 0 Å². The van der Waals surface area contributed by atoms with Crippen LogP contribution < -0.4 is 5.32 Å². The number of rotatable bonds is 8. The van der Waals surface area contributed by atoms with Gasteiger partial charge in [-0.3, -0.25) is 9.59 Å². The van der Waals surface area contributed by atoms with Gasteiger partial charge in [-0.2, -0.15) is 0 Å². The average Bonchev–Trinajstić information content (AvgIpc) is 2.66. The highest BCUT2D eigenvalue weighted by atomic mass is 19.1. The molecule has 0 spiro atoms. The molecule has 0 fully saturated rings. The molecular weight excluding hydrogens is 333 g/mol. The summed E-state index contributed by atoms with van der Waals surface area (Å²) in [7, 11) is 0. The van der Waals surface area contributed by atoms with E-state index in [1.165, 1.54) is 6.07 Å². The zero-order valence-corrected chi connectivity index (χ0v) is 15.1. The first-order chi connectivity index (χ1) is 12.5. The van der Waals surface area contributed by atoms with Crippen LogP contribution in [0.4, 0.5) is 4.39 Å². The smallest absolute Gasteiger partial charge is 0.314 e. The first kappa shape index (κ1) is 19.6. The van der Waals surface area contributed by atoms with Crippen molar-refractivity contribution in [1.29, 1.82) is 0 Å². The molecule has 0 radical (unpaired) electrons. The summed E-state index contributed by atoms with van der Waals surface area (Å²) < 4.78 is 18.8. The molecule has 0 aliphatic carbocycles. The van der Waals surface area contributed by atoms with Crippen LogP contribution in [0.2, 0.25) is 0 Å². The van der Waals surface area contributed by atoms with E-state index < -0.39 is 17.8 Å². The number of carbonyl (C=O) groups excluding carboxylic acids is 2. The minimum Gasteiger partial charge on any atom is -0.455 e. The molecule has 0 heterocycles. The van der Waals surface area contributed by atoms with Gasteiger partial charge in [0.25, 0.3) is 5.91 Å². The van der Waals surface area contributed by atoms with Crippen molar-refractivity contribution in [3.05, 3.63) is 71.5 Å². The topological polar surface area (TPSA) is 55.4 Å². The van der Waals surface area contributed by atoms with Crippen molar-refractivity contribution >= 4 is 11.9 Å². The summed E-state index contributed by atoms with van der Waals surface area (Å²) in [4.78, 5) is 24.4. The molecule has 2 atom stereocenters. The summed E-state index contributed by atoms with van der Waals surface area (Å²) in [6.45, 7) is 3.66. The fourth-order valence-corrected chi connectivity index (χ4v) is 2.71. The number of esters is 1. The number of ether oxygens (including phenoxy) is 1. The van der Waals surface area contributed by atoms with E-state index in [4.69, 9.17) is 4.74 Å². The number of nitrogens with one attached hydrogen (secondary N) is 1. The fraction of sp³-hybridized carbons (Fsp3) is 0.333. The summed E-state index contributed by atoms with van der Waals surface area (Å²) in [6, 6.07) is 15.6. The first-order valence-corrected chi connectivity index (χ1v) is 8.74. The molecule has 5 heteroatoms. The second kappa shape index (κ2) is 9.70. The van der Waals surface area contributed by atoms with Crippen molar-refractivity contribution in [2.24, 2.45) is 5.92 Å². The maximum absolute atomic E-state index is 13.5. The monoisotopic (exact) mass is 357 g/mol. The quantitative estimate of drug-likeness (QED) is 0.731. The molecule has 0 unspecified atom stereocenters. The van der Waals surface area contributed by atoms with Crippen LogP contribution in [0.3, 0.4) is 0 Å². The van der Waals surface area contributed by atoms with Crippen LogP contribution in [-0.2, 0) is 20.9 Å². The van der Waals surface area contributed by atoms with E-state index in [2.05, 4.69) is 5.32 Å². The van der Waals surface area contributed by atoms with Gasteiger partial charge in [0.05, 0.1) is 5.92 Å². The summed E-state index contributed by atoms with van der Waals surface area (Å²) in [5.74, 6) is -1.60. The van der Waals surface area contributed by atoms with Gasteiger partial charge in [-0.15, -0.1) is 0 Å². The zero-order chi connectivity index (χ0) is 18.9. The van der Waals surface area contributed by atoms with Gasteiger partial charge in [-0.1, -0.05) is 68.8 Å². The van der Waals surface area contributed by atoms with Crippen LogP contribution in [0, 0.1) is 11.7 Å². The average molecular weight is 357 g/mol. The predicted octanol–water partition coefficient (Wildman–Crippen LogP) is 3.82. The third-order valence-corrected chi connectivity index (χ3v) is 4.40. The molecular formula is C21H24FNO3. The lowest BCUT2D eigenvalue weighted by molar-refractivity contribution is -0.151. The lowest BCUT2D eigenvalue weighted by Gasteiger charge is -2.21. The van der Waals surface area contributed by atoms with Gasteiger partial charge in [0.15, 0.2) is 6.61 Å². The molecule has 1 N–H and O–H groups in total. The van der Waals surface area contributed by atoms with E-state index in [-0.39, 0.29) is 24.9 Å². The first-order valence-electron chi connectivity index (χ1n) is 8.74. The van der Waals surface area contributed by atoms with E-state index in [0.717, 1.165) is 12.0 Å². The lowest BCUT2D eigenvalue weighted by Crippen LogP contribution is -2.31. The minimum absolute atomic E-state index is 0.0521. The van der Waals surface area contributed by atoms with Gasteiger partial charge < -0.3 is 10.1 Å². The number of carbonyl (C=O) groups is 2. The van der Waals surface area contributed by atoms with Gasteiger partial charge in [-0.05, 0) is 17.5 Å². The molecule has 2 aromatic carbocycles. The van der Waals surface area contributed by atoms with Crippen molar-refractivity contribution in [2.45, 2.75) is 32.7 Å². The zero-order valence-electron chi connectivity index (χ0n) is 15.1. The molecule has 0 aliphatic heterocycles. The third kappa shape index (κ3) is 5.41. The largest absolute Gasteiger partial charge is 0.455 e. The highest BCUT2D eigenvalue weighted by Crippen LogP contribution is 2.28. The van der Waals surface area contributed by atoms with Crippen molar-refractivity contribution in [3.8, 4) is 0 Å². The van der Waals surface area contributed by atoms with Gasteiger partial charge in [-0.25, -0.2) is 4.39 Å². The molecule has 2 rings (SSSR count). The third-order valence-electron chi connectivity index (χ3n) is 4.40. The molecule has 0 bridgehead atoms. The van der Waals surface area contributed by atoms with Gasteiger partial charge in [0, 0.05) is 12.1 Å². The SMILES string of the molecule is CC[C@H](C)[C@H](C(=O)OCC(=O)NCc1ccccc1F)c1ccccc1. The lowest BCUT2D eigenvalue weighted by atomic mass is 9.86. The second-order valence-corrected chi connectivity index (χ2v) is 6.25. The van der Waals surface area contributed by atoms with Crippen LogP contribution in [0.15, 0.2) is 54.6 Å². The van der Waals surface area contributed by atoms with Crippen LogP contribution in [0.5, 0.6) is 0 Å². The molecule has 138 valence electrons. The van der Waals surface area contributed by atoms with Gasteiger partial charge in [0.1, 0.15) is 5.82 Å². The second-order valence-electron chi connectivity index (χ2n) is 6.25. The van der Waals surface area contributed by atoms with Crippen molar-refractivity contribution in [3.63, 3.8) is 0 Å². The molecule has 0 saturated heterocycles. The fourth-order valence-electron chi connectivity index (χ4n) is 2.71. The molecule has 0 aliphatic rings. The Morgan fingerprint density at radius 3 is 2.38 bits per heavy atom. The van der Waals surface area contributed by atoms with Gasteiger partial charge in [0.2, 0.25) is 0 Å². The van der Waals surface area contributed by atoms with Crippen molar-refractivity contribution in [1.82, 2.24) is 5.32 Å². The molecule has 0 aromatic heterocycles. The van der Waals surface area contributed by atoms with E-state index in [9.17, 15) is 14.0 Å². The number of hydrogen-bond donors (Lipinski definition) is 1. The Kier molecular flexibility index (Phi) is 7.33. The number of benzene rings is 2. The highest BCUT2D eigenvalue weighted by Gasteiger charge is 2.27. The summed E-state index contributed by atoms with van der Waals surface area (Å²) in [5.41, 5.74) is 1.26. The Morgan fingerprint density at radius 2 is 1.73 bits per heavy atom. The molecule has 4 nitrogen and oxygen atoms in total. The van der Waals surface area contributed by atoms with Crippen molar-refractivity contribution in [2.75, 3.05) is 6.61 Å². The highest BCUT2D eigenvalue weighted by molar-refractivity contribution is 5.83. The Labute approximate surface area is 153 Å². The van der Waals surface area contributed by atoms with Crippen LogP contribution in [0.1, 0.15) is 37.3 Å². The maximum Gasteiger partial charge on any atom is 0.314 e. The molecule has 2 aromatic rings. The Balaban J connectivity index is 1.91. The van der Waals surface area contributed by atoms with E-state index in [0.29, 0.717) is 5.56 Å². The van der Waals surface area contributed by atoms with Gasteiger partial charge >= 0.3 is 5.97 Å². The minimum atomic E-state index is -0.461. The maximum atomic E-state index is 13.5. The van der Waals surface area contributed by atoms with E-state index in [1.54, 1.807) is 18.2 Å². The van der Waals surface area contributed by atoms with E-state index >= 15 is 0 Å². The van der Waals surface area contributed by atoms with Crippen LogP contribution in [0.25, 0.3) is 0 Å². The summed E-state index contributed by atoms with van der Waals surface area (Å²) in [6.07, 6.45) is 0.814. The normalized spacial score (nSPS) is 12.9. The number of amides is 1. The van der Waals surface area contributed by atoms with Crippen molar-refractivity contribution < 1.29 is 18.7 Å². The number of hydrogen-bond acceptors (Lipinski definition) is 3. The Morgan fingerprint density at radius 1 is 1.08 bits per heavy atom. The predicted molar refractivity (Wildman–Crippen MR) is 97.8 cm³/mol. The van der Waals surface area contributed by atoms with E-state index in [1.807, 2.05) is 44.2 Å². The number of halogens is 1. The molecule has 1 amide bonds. The summed E-state index contributed by atoms with van der Waals surface area (Å²) >= 11 is 0. The Hall–Kier alpha value is -2.69. The molecule has 0 saturated carbocycles. The standard InChI is InChI=1S/C21H24FNO3/c1-3-15(2)20(16-9-5-4-6-10-16)21(25)26-14-19(24)23-13-17-11-7-8-12-18(17)22/h4-12,15,20H,3,13-14H2,1-2H3,(H,23,24)/t15-,20-/m0/s1. The Bertz CT molecular complexity index is 733. The summed E-state index contributed by atoms with van der Waals surface area (Å²) in [5, 5.41) is 2.56.